The molecule has 1 fully saturated rings. The summed E-state index contributed by atoms with van der Waals surface area (Å²) >= 11 is 1.01. The van der Waals surface area contributed by atoms with Crippen molar-refractivity contribution >= 4 is 40.2 Å². The summed E-state index contributed by atoms with van der Waals surface area (Å²) in [5.41, 5.74) is 1.25. The number of para-hydroxylation sites is 1. The van der Waals surface area contributed by atoms with Crippen LogP contribution in [0.15, 0.2) is 76.7 Å². The average molecular weight is 521 g/mol. The van der Waals surface area contributed by atoms with E-state index in [1.54, 1.807) is 48.5 Å². The number of carbonyl (C=O) groups excluding carboxylic acids is 2. The maximum atomic E-state index is 13.9. The number of anilines is 1. The van der Waals surface area contributed by atoms with Crippen molar-refractivity contribution in [2.24, 2.45) is 0 Å². The molecule has 2 N–H and O–H groups in total. The van der Waals surface area contributed by atoms with Crippen molar-refractivity contribution in [2.75, 3.05) is 11.1 Å². The van der Waals surface area contributed by atoms with Crippen LogP contribution in [-0.2, 0) is 11.3 Å². The molecule has 2 amide bonds. The Kier molecular flexibility index (Phi) is 7.00. The van der Waals surface area contributed by atoms with Crippen molar-refractivity contribution in [2.45, 2.75) is 30.6 Å². The van der Waals surface area contributed by atoms with Gasteiger partial charge in [-0.1, -0.05) is 36.0 Å². The molecule has 1 aromatic heterocycles. The lowest BCUT2D eigenvalue weighted by molar-refractivity contribution is -0.113. The molecule has 0 unspecified atom stereocenters. The number of aromatic nitrogens is 2. The van der Waals surface area contributed by atoms with Crippen molar-refractivity contribution < 1.29 is 18.4 Å². The molecule has 37 heavy (non-hydrogen) atoms. The van der Waals surface area contributed by atoms with Crippen LogP contribution in [0.4, 0.5) is 14.5 Å². The molecule has 188 valence electrons. The highest BCUT2D eigenvalue weighted by atomic mass is 32.2. The summed E-state index contributed by atoms with van der Waals surface area (Å²) in [4.78, 5) is 42.7. The number of carbonyl (C=O) groups is 2. The van der Waals surface area contributed by atoms with Gasteiger partial charge >= 0.3 is 0 Å². The van der Waals surface area contributed by atoms with Crippen molar-refractivity contribution in [3.63, 3.8) is 0 Å². The van der Waals surface area contributed by atoms with E-state index in [0.29, 0.717) is 21.6 Å². The first kappa shape index (κ1) is 24.6. The zero-order valence-corrected chi connectivity index (χ0v) is 20.4. The first-order chi connectivity index (χ1) is 17.9. The molecular weight excluding hydrogens is 498 g/mol. The van der Waals surface area contributed by atoms with Crippen LogP contribution < -0.4 is 16.2 Å². The van der Waals surface area contributed by atoms with Crippen molar-refractivity contribution in [3.8, 4) is 0 Å². The molecule has 1 heterocycles. The number of hydrogen-bond acceptors (Lipinski definition) is 5. The fraction of sp³-hybridized carbons (Fsp3) is 0.185. The summed E-state index contributed by atoms with van der Waals surface area (Å²) in [5, 5.41) is 6.02. The van der Waals surface area contributed by atoms with Crippen LogP contribution in [-0.4, -0.2) is 33.2 Å². The molecule has 3 aromatic carbocycles. The quantitative estimate of drug-likeness (QED) is 0.266. The van der Waals surface area contributed by atoms with Crippen molar-refractivity contribution in [1.82, 2.24) is 14.9 Å². The van der Waals surface area contributed by atoms with Crippen LogP contribution in [0.1, 0.15) is 28.8 Å². The Morgan fingerprint density at radius 3 is 2.54 bits per heavy atom. The predicted octanol–water partition coefficient (Wildman–Crippen LogP) is 4.35. The van der Waals surface area contributed by atoms with E-state index >= 15 is 0 Å². The van der Waals surface area contributed by atoms with Gasteiger partial charge in [0.15, 0.2) is 5.16 Å². The van der Waals surface area contributed by atoms with E-state index in [1.165, 1.54) is 4.57 Å². The van der Waals surface area contributed by atoms with Gasteiger partial charge in [0.05, 0.1) is 28.9 Å². The van der Waals surface area contributed by atoms with Crippen molar-refractivity contribution in [1.29, 1.82) is 0 Å². The highest BCUT2D eigenvalue weighted by Gasteiger charge is 2.23. The fourth-order valence-corrected chi connectivity index (χ4v) is 4.55. The summed E-state index contributed by atoms with van der Waals surface area (Å²) in [6, 6.07) is 16.9. The highest BCUT2D eigenvalue weighted by molar-refractivity contribution is 7.99. The van der Waals surface area contributed by atoms with E-state index in [0.717, 1.165) is 48.4 Å². The molecule has 7 nitrogen and oxygen atoms in total. The average Bonchev–Trinajstić information content (AvgIpc) is 3.71. The minimum absolute atomic E-state index is 0.129. The number of halogens is 2. The number of nitrogens with zero attached hydrogens (tertiary/aromatic N) is 2. The normalized spacial score (nSPS) is 12.9. The molecule has 1 aliphatic rings. The molecular formula is C27H22F2N4O3S. The summed E-state index contributed by atoms with van der Waals surface area (Å²) in [6.07, 6.45) is 1.99. The number of nitrogens with one attached hydrogen (secondary N) is 2. The largest absolute Gasteiger partial charge is 0.349 e. The van der Waals surface area contributed by atoms with Gasteiger partial charge in [0.1, 0.15) is 11.6 Å². The number of amides is 2. The zero-order chi connectivity index (χ0) is 25.9. The summed E-state index contributed by atoms with van der Waals surface area (Å²) < 4.78 is 28.8. The topological polar surface area (TPSA) is 93.1 Å². The Labute approximate surface area is 214 Å². The van der Waals surface area contributed by atoms with Gasteiger partial charge in [0, 0.05) is 17.7 Å². The van der Waals surface area contributed by atoms with E-state index in [-0.39, 0.29) is 35.5 Å². The molecule has 0 spiro atoms. The van der Waals surface area contributed by atoms with Gasteiger partial charge in [-0.15, -0.1) is 0 Å². The van der Waals surface area contributed by atoms with Gasteiger partial charge in [-0.3, -0.25) is 19.0 Å². The maximum absolute atomic E-state index is 13.9. The third-order valence-corrected chi connectivity index (χ3v) is 6.81. The van der Waals surface area contributed by atoms with Crippen LogP contribution in [0.5, 0.6) is 0 Å². The van der Waals surface area contributed by atoms with Gasteiger partial charge in [-0.25, -0.2) is 13.8 Å². The Balaban J connectivity index is 1.37. The first-order valence-electron chi connectivity index (χ1n) is 11.6. The predicted molar refractivity (Wildman–Crippen MR) is 138 cm³/mol. The Bertz CT molecular complexity index is 1550. The summed E-state index contributed by atoms with van der Waals surface area (Å²) in [5.74, 6) is -2.31. The minimum atomic E-state index is -0.755. The number of fused-ring (bicyclic) bond motifs is 1. The lowest BCUT2D eigenvalue weighted by Crippen LogP contribution is -2.26. The van der Waals surface area contributed by atoms with Crippen LogP contribution in [0.2, 0.25) is 0 Å². The van der Waals surface area contributed by atoms with Crippen LogP contribution >= 0.6 is 11.8 Å². The zero-order valence-electron chi connectivity index (χ0n) is 19.5. The second-order valence-electron chi connectivity index (χ2n) is 8.71. The Hall–Kier alpha value is -4.05. The summed E-state index contributed by atoms with van der Waals surface area (Å²) in [7, 11) is 0. The van der Waals surface area contributed by atoms with Gasteiger partial charge < -0.3 is 10.6 Å². The van der Waals surface area contributed by atoms with Gasteiger partial charge in [-0.2, -0.15) is 0 Å². The van der Waals surface area contributed by atoms with Crippen LogP contribution in [0, 0.1) is 11.6 Å². The van der Waals surface area contributed by atoms with E-state index in [1.807, 2.05) is 0 Å². The molecule has 0 bridgehead atoms. The Morgan fingerprint density at radius 2 is 1.78 bits per heavy atom. The van der Waals surface area contributed by atoms with Gasteiger partial charge in [0.25, 0.3) is 11.5 Å². The molecule has 0 radical (unpaired) electrons. The monoisotopic (exact) mass is 520 g/mol. The molecule has 10 heteroatoms. The SMILES string of the molecule is O=C(CSc1nc2ccccc2c(=O)n1Cc1ccc(C(=O)NC2CC2)cc1)Nc1cc(F)ccc1F. The third-order valence-electron chi connectivity index (χ3n) is 5.83. The maximum Gasteiger partial charge on any atom is 0.262 e. The molecule has 0 atom stereocenters. The van der Waals surface area contributed by atoms with E-state index in [9.17, 15) is 23.2 Å². The van der Waals surface area contributed by atoms with Crippen molar-refractivity contribution in [3.05, 3.63) is 99.8 Å². The lowest BCUT2D eigenvalue weighted by atomic mass is 10.1. The number of hydrogen-bond donors (Lipinski definition) is 2. The second-order valence-corrected chi connectivity index (χ2v) is 9.65. The smallest absolute Gasteiger partial charge is 0.262 e. The molecule has 4 aromatic rings. The van der Waals surface area contributed by atoms with Crippen LogP contribution in [0.3, 0.4) is 0 Å². The molecule has 1 aliphatic carbocycles. The third kappa shape index (κ3) is 5.86. The standard InChI is InChI=1S/C27H22F2N4O3S/c28-18-9-12-21(29)23(13-18)31-24(34)15-37-27-32-22-4-2-1-3-20(22)26(36)33(27)14-16-5-7-17(8-6-16)25(35)30-19-10-11-19/h1-9,12-13,19H,10-11,14-15H2,(H,30,35)(H,31,34). The minimum Gasteiger partial charge on any atom is -0.349 e. The molecule has 0 aliphatic heterocycles. The van der Waals surface area contributed by atoms with E-state index in [2.05, 4.69) is 15.6 Å². The molecule has 0 saturated heterocycles. The van der Waals surface area contributed by atoms with E-state index < -0.39 is 17.5 Å². The number of thioether (sulfide) groups is 1. The fourth-order valence-electron chi connectivity index (χ4n) is 3.75. The molecule has 1 saturated carbocycles. The summed E-state index contributed by atoms with van der Waals surface area (Å²) in [6.45, 7) is 0.170. The number of rotatable bonds is 8. The van der Waals surface area contributed by atoms with E-state index in [4.69, 9.17) is 0 Å². The second kappa shape index (κ2) is 10.5. The number of benzene rings is 3. The van der Waals surface area contributed by atoms with Gasteiger partial charge in [-0.05, 0) is 54.8 Å². The highest BCUT2D eigenvalue weighted by Crippen LogP contribution is 2.22. The molecule has 5 rings (SSSR count). The lowest BCUT2D eigenvalue weighted by Gasteiger charge is -2.14. The first-order valence-corrected chi connectivity index (χ1v) is 12.6. The van der Waals surface area contributed by atoms with Crippen LogP contribution in [0.25, 0.3) is 10.9 Å². The Morgan fingerprint density at radius 1 is 1.03 bits per heavy atom. The van der Waals surface area contributed by atoms with Gasteiger partial charge in [0.2, 0.25) is 5.91 Å².